The van der Waals surface area contributed by atoms with Crippen molar-refractivity contribution in [1.29, 1.82) is 0 Å². The highest BCUT2D eigenvalue weighted by Gasteiger charge is 2.39. The Hall–Kier alpha value is -2.35. The van der Waals surface area contributed by atoms with Crippen LogP contribution < -0.4 is 0 Å². The Morgan fingerprint density at radius 3 is 2.74 bits per heavy atom. The summed E-state index contributed by atoms with van der Waals surface area (Å²) < 4.78 is 32.6. The molecule has 1 aliphatic rings. The van der Waals surface area contributed by atoms with E-state index in [-0.39, 0.29) is 41.5 Å². The number of hydrogen-bond acceptors (Lipinski definition) is 4. The Bertz CT molecular complexity index is 828. The van der Waals surface area contributed by atoms with Crippen molar-refractivity contribution < 1.29 is 22.8 Å². The average Bonchev–Trinajstić information content (AvgIpc) is 3.26. The normalized spacial score (nSPS) is 19.6. The molecule has 0 aliphatic carbocycles. The molecule has 1 aromatic heterocycles. The van der Waals surface area contributed by atoms with Crippen LogP contribution in [0.4, 0.5) is 8.78 Å². The van der Waals surface area contributed by atoms with Crippen molar-refractivity contribution in [2.45, 2.75) is 24.5 Å². The molecule has 27 heavy (non-hydrogen) atoms. The zero-order valence-electron chi connectivity index (χ0n) is 15.0. The van der Waals surface area contributed by atoms with Crippen LogP contribution in [-0.2, 0) is 4.79 Å². The van der Waals surface area contributed by atoms with Crippen LogP contribution in [-0.4, -0.2) is 46.5 Å². The first-order valence-electron chi connectivity index (χ1n) is 8.66. The van der Waals surface area contributed by atoms with Gasteiger partial charge in [0.25, 0.3) is 5.91 Å². The number of amides is 2. The van der Waals surface area contributed by atoms with Gasteiger partial charge >= 0.3 is 0 Å². The van der Waals surface area contributed by atoms with Gasteiger partial charge in [-0.15, -0.1) is 11.8 Å². The quantitative estimate of drug-likeness (QED) is 0.750. The fourth-order valence-corrected chi connectivity index (χ4v) is 4.36. The number of furan rings is 1. The summed E-state index contributed by atoms with van der Waals surface area (Å²) in [7, 11) is 0. The number of halogens is 2. The summed E-state index contributed by atoms with van der Waals surface area (Å²) in [4.78, 5) is 28.1. The highest BCUT2D eigenvalue weighted by Crippen LogP contribution is 2.43. The minimum absolute atomic E-state index is 0.129. The van der Waals surface area contributed by atoms with Gasteiger partial charge in [-0.1, -0.05) is 6.07 Å². The van der Waals surface area contributed by atoms with E-state index in [1.807, 2.05) is 6.92 Å². The zero-order chi connectivity index (χ0) is 19.6. The van der Waals surface area contributed by atoms with E-state index in [2.05, 4.69) is 0 Å². The number of rotatable bonds is 6. The summed E-state index contributed by atoms with van der Waals surface area (Å²) in [5.74, 6) is -1.51. The van der Waals surface area contributed by atoms with E-state index >= 15 is 0 Å². The molecule has 1 saturated heterocycles. The highest BCUT2D eigenvalue weighted by molar-refractivity contribution is 8.01. The second-order valence-electron chi connectivity index (χ2n) is 6.19. The standard InChI is InChI=1S/C19H20F2N2O3S/c1-3-22(18(25)16-5-4-10-26-16)8-9-23-17(24)12(2)27-19(23)14-7-6-13(20)11-15(14)21/h4-7,10-12,19H,3,8-9H2,1-2H3. The summed E-state index contributed by atoms with van der Waals surface area (Å²) in [5, 5.41) is -0.888. The Kier molecular flexibility index (Phi) is 5.84. The number of hydrogen-bond donors (Lipinski definition) is 0. The lowest BCUT2D eigenvalue weighted by Crippen LogP contribution is -2.40. The summed E-state index contributed by atoms with van der Waals surface area (Å²) in [5.41, 5.74) is 0.263. The summed E-state index contributed by atoms with van der Waals surface area (Å²) in [6, 6.07) is 6.59. The first-order chi connectivity index (χ1) is 12.9. The number of thioether (sulfide) groups is 1. The van der Waals surface area contributed by atoms with Gasteiger partial charge in [-0.2, -0.15) is 0 Å². The lowest BCUT2D eigenvalue weighted by atomic mass is 10.2. The number of benzene rings is 1. The molecule has 0 spiro atoms. The fraction of sp³-hybridized carbons (Fsp3) is 0.368. The van der Waals surface area contributed by atoms with E-state index < -0.39 is 17.0 Å². The average molecular weight is 394 g/mol. The van der Waals surface area contributed by atoms with E-state index in [0.717, 1.165) is 6.07 Å². The van der Waals surface area contributed by atoms with Crippen molar-refractivity contribution in [2.24, 2.45) is 0 Å². The van der Waals surface area contributed by atoms with Crippen LogP contribution >= 0.6 is 11.8 Å². The molecule has 1 aliphatic heterocycles. The molecule has 3 rings (SSSR count). The fourth-order valence-electron chi connectivity index (χ4n) is 3.03. The number of carbonyl (C=O) groups excluding carboxylic acids is 2. The van der Waals surface area contributed by atoms with Gasteiger partial charge in [0.05, 0.1) is 11.5 Å². The molecule has 2 atom stereocenters. The third-order valence-corrected chi connectivity index (χ3v) is 5.86. The number of likely N-dealkylation sites (N-methyl/N-ethyl adjacent to an activating group) is 1. The maximum absolute atomic E-state index is 14.2. The molecular weight excluding hydrogens is 374 g/mol. The predicted octanol–water partition coefficient (Wildman–Crippen LogP) is 3.68. The Morgan fingerprint density at radius 1 is 1.33 bits per heavy atom. The van der Waals surface area contributed by atoms with Crippen LogP contribution in [0.5, 0.6) is 0 Å². The molecule has 0 N–H and O–H groups in total. The van der Waals surface area contributed by atoms with E-state index in [1.165, 1.54) is 30.2 Å². The van der Waals surface area contributed by atoms with Crippen molar-refractivity contribution in [3.63, 3.8) is 0 Å². The molecule has 0 radical (unpaired) electrons. The highest BCUT2D eigenvalue weighted by atomic mass is 32.2. The Balaban J connectivity index is 1.76. The van der Waals surface area contributed by atoms with Crippen LogP contribution in [0.3, 0.4) is 0 Å². The molecule has 0 bridgehead atoms. The third-order valence-electron chi connectivity index (χ3n) is 4.49. The first-order valence-corrected chi connectivity index (χ1v) is 9.60. The van der Waals surface area contributed by atoms with Crippen LogP contribution in [0.2, 0.25) is 0 Å². The summed E-state index contributed by atoms with van der Waals surface area (Å²) in [6.07, 6.45) is 1.43. The summed E-state index contributed by atoms with van der Waals surface area (Å²) in [6.45, 7) is 4.57. The van der Waals surface area contributed by atoms with Gasteiger partial charge in [-0.3, -0.25) is 9.59 Å². The van der Waals surface area contributed by atoms with Crippen LogP contribution in [0.1, 0.15) is 35.3 Å². The molecule has 2 aromatic rings. The van der Waals surface area contributed by atoms with Crippen LogP contribution in [0, 0.1) is 11.6 Å². The van der Waals surface area contributed by atoms with E-state index in [0.29, 0.717) is 6.54 Å². The van der Waals surface area contributed by atoms with Crippen LogP contribution in [0.15, 0.2) is 41.0 Å². The topological polar surface area (TPSA) is 53.8 Å². The Labute approximate surface area is 160 Å². The lowest BCUT2D eigenvalue weighted by Gasteiger charge is -2.28. The molecule has 1 fully saturated rings. The molecule has 2 unspecified atom stereocenters. The van der Waals surface area contributed by atoms with Crippen molar-refractivity contribution >= 4 is 23.6 Å². The first kappa shape index (κ1) is 19.4. The van der Waals surface area contributed by atoms with Crippen molar-refractivity contribution in [1.82, 2.24) is 9.80 Å². The van der Waals surface area contributed by atoms with Crippen LogP contribution in [0.25, 0.3) is 0 Å². The molecule has 2 amide bonds. The maximum atomic E-state index is 14.2. The number of nitrogens with zero attached hydrogens (tertiary/aromatic N) is 2. The van der Waals surface area contributed by atoms with E-state index in [9.17, 15) is 18.4 Å². The predicted molar refractivity (Wildman–Crippen MR) is 98.2 cm³/mol. The van der Waals surface area contributed by atoms with Crippen molar-refractivity contribution in [2.75, 3.05) is 19.6 Å². The minimum Gasteiger partial charge on any atom is -0.459 e. The molecule has 1 aromatic carbocycles. The zero-order valence-corrected chi connectivity index (χ0v) is 15.8. The van der Waals surface area contributed by atoms with Gasteiger partial charge in [0, 0.05) is 31.3 Å². The van der Waals surface area contributed by atoms with Gasteiger partial charge < -0.3 is 14.2 Å². The van der Waals surface area contributed by atoms with Gasteiger partial charge in [-0.25, -0.2) is 8.78 Å². The molecular formula is C19H20F2N2O3S. The molecule has 5 nitrogen and oxygen atoms in total. The second-order valence-corrected chi connectivity index (χ2v) is 7.62. The van der Waals surface area contributed by atoms with Gasteiger partial charge in [0.2, 0.25) is 5.91 Å². The molecule has 2 heterocycles. The van der Waals surface area contributed by atoms with E-state index in [4.69, 9.17) is 4.42 Å². The van der Waals surface area contributed by atoms with Crippen molar-refractivity contribution in [3.05, 3.63) is 59.6 Å². The van der Waals surface area contributed by atoms with Gasteiger partial charge in [0.1, 0.15) is 17.0 Å². The SMILES string of the molecule is CCN(CCN1C(=O)C(C)SC1c1ccc(F)cc1F)C(=O)c1ccco1. The minimum atomic E-state index is -0.682. The second kappa shape index (κ2) is 8.12. The lowest BCUT2D eigenvalue weighted by molar-refractivity contribution is -0.130. The monoisotopic (exact) mass is 394 g/mol. The van der Waals surface area contributed by atoms with E-state index in [1.54, 1.807) is 28.9 Å². The Morgan fingerprint density at radius 2 is 2.11 bits per heavy atom. The molecule has 144 valence electrons. The third kappa shape index (κ3) is 4.00. The maximum Gasteiger partial charge on any atom is 0.289 e. The van der Waals surface area contributed by atoms with Gasteiger partial charge in [-0.05, 0) is 32.0 Å². The van der Waals surface area contributed by atoms with Gasteiger partial charge in [0.15, 0.2) is 5.76 Å². The largest absolute Gasteiger partial charge is 0.459 e. The molecule has 8 heteroatoms. The smallest absolute Gasteiger partial charge is 0.289 e. The molecule has 0 saturated carbocycles. The summed E-state index contributed by atoms with van der Waals surface area (Å²) >= 11 is 1.31. The van der Waals surface area contributed by atoms with Crippen molar-refractivity contribution in [3.8, 4) is 0 Å². The number of carbonyl (C=O) groups is 2.